The third kappa shape index (κ3) is 1.88. The molecule has 1 amide bonds. The number of nitrogens with two attached hydrogens (primary N) is 1. The van der Waals surface area contributed by atoms with Gasteiger partial charge in [-0.15, -0.1) is 0 Å². The lowest BCUT2D eigenvalue weighted by Crippen LogP contribution is -2.21. The van der Waals surface area contributed by atoms with Gasteiger partial charge in [0.05, 0.1) is 0 Å². The fourth-order valence-corrected chi connectivity index (χ4v) is 0.885. The van der Waals surface area contributed by atoms with Crippen molar-refractivity contribution >= 4 is 5.91 Å². The quantitative estimate of drug-likeness (QED) is 0.554. The Morgan fingerprint density at radius 3 is 2.46 bits per heavy atom. The number of aromatic hydroxyl groups is 2. The van der Waals surface area contributed by atoms with E-state index in [2.05, 4.69) is 0 Å². The van der Waals surface area contributed by atoms with E-state index in [1.807, 2.05) is 0 Å². The van der Waals surface area contributed by atoms with Crippen molar-refractivity contribution in [3.8, 4) is 11.5 Å². The largest absolute Gasteiger partial charge is 0.504 e. The molecule has 0 aliphatic rings. The number of hydrogen-bond acceptors (Lipinski definition) is 4. The number of rotatable bonds is 2. The Kier molecular flexibility index (Phi) is 2.39. The second-order valence-corrected chi connectivity index (χ2v) is 2.59. The fourth-order valence-electron chi connectivity index (χ4n) is 0.885. The van der Waals surface area contributed by atoms with Crippen LogP contribution in [0.15, 0.2) is 18.2 Å². The Bertz CT molecular complexity index is 338. The summed E-state index contributed by atoms with van der Waals surface area (Å²) in [5, 5.41) is 18.0. The molecule has 0 heterocycles. The lowest BCUT2D eigenvalue weighted by atomic mass is 10.1. The van der Waals surface area contributed by atoms with Crippen LogP contribution in [0, 0.1) is 0 Å². The molecule has 0 saturated heterocycles. The normalized spacial score (nSPS) is 12.4. The van der Waals surface area contributed by atoms with E-state index in [1.54, 1.807) is 0 Å². The van der Waals surface area contributed by atoms with Crippen LogP contribution in [0.2, 0.25) is 0 Å². The maximum absolute atomic E-state index is 10.5. The monoisotopic (exact) mass is 181 g/mol. The molecule has 0 aliphatic heterocycles. The molecule has 1 unspecified atom stereocenters. The zero-order chi connectivity index (χ0) is 10.0. The Morgan fingerprint density at radius 2 is 2.00 bits per heavy atom. The maximum Gasteiger partial charge on any atom is 0.259 e. The third-order valence-electron chi connectivity index (χ3n) is 1.64. The Morgan fingerprint density at radius 1 is 1.38 bits per heavy atom. The highest BCUT2D eigenvalue weighted by atomic mass is 16.3. The van der Waals surface area contributed by atoms with E-state index >= 15 is 0 Å². The summed E-state index contributed by atoms with van der Waals surface area (Å²) in [6, 6.07) is 2.68. The number of phenols is 2. The molecule has 1 radical (unpaired) electrons. The van der Waals surface area contributed by atoms with Crippen molar-refractivity contribution < 1.29 is 15.0 Å². The molecule has 5 heteroatoms. The van der Waals surface area contributed by atoms with E-state index < -0.39 is 11.9 Å². The summed E-state index contributed by atoms with van der Waals surface area (Å²) in [7, 11) is 0. The smallest absolute Gasteiger partial charge is 0.259 e. The van der Waals surface area contributed by atoms with E-state index in [0.29, 0.717) is 5.56 Å². The fraction of sp³-hybridized carbons (Fsp3) is 0.125. The Balaban J connectivity index is 3.03. The van der Waals surface area contributed by atoms with E-state index in [-0.39, 0.29) is 11.5 Å². The van der Waals surface area contributed by atoms with Crippen LogP contribution in [0.5, 0.6) is 11.5 Å². The van der Waals surface area contributed by atoms with Crippen molar-refractivity contribution in [3.05, 3.63) is 23.8 Å². The predicted octanol–water partition coefficient (Wildman–Crippen LogP) is -0.0929. The average molecular weight is 181 g/mol. The molecule has 5 N–H and O–H groups in total. The molecule has 0 spiro atoms. The number of phenolic OH excluding ortho intramolecular Hbond substituents is 2. The zero-order valence-corrected chi connectivity index (χ0v) is 6.69. The highest BCUT2D eigenvalue weighted by molar-refractivity contribution is 5.80. The number of benzene rings is 1. The minimum Gasteiger partial charge on any atom is -0.504 e. The van der Waals surface area contributed by atoms with E-state index in [4.69, 9.17) is 21.7 Å². The molecule has 0 bridgehead atoms. The summed E-state index contributed by atoms with van der Waals surface area (Å²) in [5.41, 5.74) is 12.4. The molecule has 0 fully saturated rings. The van der Waals surface area contributed by atoms with E-state index in [1.165, 1.54) is 12.1 Å². The van der Waals surface area contributed by atoms with Gasteiger partial charge in [0.15, 0.2) is 11.5 Å². The SMILES string of the molecule is [NH]C(=O)C(N)c1ccc(O)c(O)c1. The molecule has 0 aliphatic carbocycles. The molecule has 1 rings (SSSR count). The summed E-state index contributed by atoms with van der Waals surface area (Å²) in [4.78, 5) is 10.5. The maximum atomic E-state index is 10.5. The number of amides is 1. The first kappa shape index (κ1) is 9.34. The molecular formula is C8H9N2O3. The summed E-state index contributed by atoms with van der Waals surface area (Å²) >= 11 is 0. The van der Waals surface area contributed by atoms with Gasteiger partial charge in [0.2, 0.25) is 0 Å². The van der Waals surface area contributed by atoms with E-state index in [0.717, 1.165) is 6.07 Å². The van der Waals surface area contributed by atoms with Crippen LogP contribution in [0.1, 0.15) is 11.6 Å². The van der Waals surface area contributed by atoms with Gasteiger partial charge >= 0.3 is 0 Å². The molecule has 0 aromatic heterocycles. The van der Waals surface area contributed by atoms with Crippen LogP contribution >= 0.6 is 0 Å². The molecule has 1 aromatic carbocycles. The standard InChI is InChI=1S/C8H9N2O3/c9-7(8(10)13)4-1-2-5(11)6(12)3-4/h1-3,7,10-12H,9H2. The van der Waals surface area contributed by atoms with Gasteiger partial charge in [-0.1, -0.05) is 6.07 Å². The Hall–Kier alpha value is -1.75. The summed E-state index contributed by atoms with van der Waals surface area (Å²) in [6.07, 6.45) is 0. The second kappa shape index (κ2) is 3.32. The molecular weight excluding hydrogens is 172 g/mol. The Labute approximate surface area is 74.6 Å². The van der Waals surface area contributed by atoms with Gasteiger partial charge in [0.25, 0.3) is 5.91 Å². The van der Waals surface area contributed by atoms with Crippen molar-refractivity contribution in [2.24, 2.45) is 5.73 Å². The van der Waals surface area contributed by atoms with Crippen LogP contribution in [0.4, 0.5) is 0 Å². The van der Waals surface area contributed by atoms with Crippen LogP contribution in [0.3, 0.4) is 0 Å². The van der Waals surface area contributed by atoms with E-state index in [9.17, 15) is 4.79 Å². The first-order chi connectivity index (χ1) is 6.02. The third-order valence-corrected chi connectivity index (χ3v) is 1.64. The number of hydrogen-bond donors (Lipinski definition) is 3. The first-order valence-corrected chi connectivity index (χ1v) is 3.55. The molecule has 1 aromatic rings. The number of carbonyl (C=O) groups excluding carboxylic acids is 1. The molecule has 69 valence electrons. The zero-order valence-electron chi connectivity index (χ0n) is 6.69. The predicted molar refractivity (Wildman–Crippen MR) is 44.8 cm³/mol. The van der Waals surface area contributed by atoms with Crippen LogP contribution in [-0.2, 0) is 4.79 Å². The van der Waals surface area contributed by atoms with Gasteiger partial charge in [-0.25, -0.2) is 0 Å². The number of carbonyl (C=O) groups is 1. The second-order valence-electron chi connectivity index (χ2n) is 2.59. The summed E-state index contributed by atoms with van der Waals surface area (Å²) < 4.78 is 0. The van der Waals surface area contributed by atoms with Crippen molar-refractivity contribution in [1.82, 2.24) is 5.73 Å². The van der Waals surface area contributed by atoms with Gasteiger partial charge in [0.1, 0.15) is 6.04 Å². The van der Waals surface area contributed by atoms with Gasteiger partial charge in [0, 0.05) is 0 Å². The van der Waals surface area contributed by atoms with Crippen molar-refractivity contribution in [2.45, 2.75) is 6.04 Å². The molecule has 5 nitrogen and oxygen atoms in total. The summed E-state index contributed by atoms with van der Waals surface area (Å²) in [5.74, 6) is -1.58. The lowest BCUT2D eigenvalue weighted by molar-refractivity contribution is -0.120. The van der Waals surface area contributed by atoms with Crippen LogP contribution in [-0.4, -0.2) is 16.1 Å². The van der Waals surface area contributed by atoms with Crippen LogP contribution < -0.4 is 11.5 Å². The minimum absolute atomic E-state index is 0.284. The van der Waals surface area contributed by atoms with Crippen molar-refractivity contribution in [1.29, 1.82) is 0 Å². The topological polar surface area (TPSA) is 107 Å². The minimum atomic E-state index is -1.08. The van der Waals surface area contributed by atoms with Gasteiger partial charge in [-0.3, -0.25) is 10.5 Å². The summed E-state index contributed by atoms with van der Waals surface area (Å²) in [6.45, 7) is 0. The highest BCUT2D eigenvalue weighted by Crippen LogP contribution is 2.26. The highest BCUT2D eigenvalue weighted by Gasteiger charge is 2.14. The molecule has 1 atom stereocenters. The first-order valence-electron chi connectivity index (χ1n) is 3.55. The van der Waals surface area contributed by atoms with Crippen LogP contribution in [0.25, 0.3) is 0 Å². The van der Waals surface area contributed by atoms with Crippen molar-refractivity contribution in [3.63, 3.8) is 0 Å². The van der Waals surface area contributed by atoms with Gasteiger partial charge in [-0.05, 0) is 17.7 Å². The van der Waals surface area contributed by atoms with Crippen molar-refractivity contribution in [2.75, 3.05) is 0 Å². The average Bonchev–Trinajstić information content (AvgIpc) is 2.08. The van der Waals surface area contributed by atoms with Gasteiger partial charge < -0.3 is 15.9 Å². The van der Waals surface area contributed by atoms with Gasteiger partial charge in [-0.2, -0.15) is 0 Å². The molecule has 13 heavy (non-hydrogen) atoms. The number of nitrogens with one attached hydrogen (secondary N) is 1. The molecule has 0 saturated carbocycles. The lowest BCUT2D eigenvalue weighted by Gasteiger charge is -2.07.